The average molecular weight is 519 g/mol. The van der Waals surface area contributed by atoms with Crippen LogP contribution in [0.3, 0.4) is 0 Å². The van der Waals surface area contributed by atoms with Gasteiger partial charge in [-0.1, -0.05) is 84.9 Å². The van der Waals surface area contributed by atoms with Crippen LogP contribution in [0.2, 0.25) is 0 Å². The third kappa shape index (κ3) is 5.07. The molecule has 0 aliphatic rings. The van der Waals surface area contributed by atoms with E-state index in [1.807, 2.05) is 26.2 Å². The smallest absolute Gasteiger partial charge is 0.0894 e. The SMILES string of the molecule is CNc1cccc(-c2nc(-c3ccc(-c4ccccc4)c(-c4cccc(NC)c4)n3)ccc2-c2ccccc2)c1. The molecule has 4 aromatic carbocycles. The molecule has 2 heterocycles. The molecule has 0 bridgehead atoms. The van der Waals surface area contributed by atoms with Gasteiger partial charge in [0, 0.05) is 47.7 Å². The van der Waals surface area contributed by atoms with Crippen LogP contribution in [0.25, 0.3) is 56.2 Å². The van der Waals surface area contributed by atoms with E-state index in [4.69, 9.17) is 9.97 Å². The lowest BCUT2D eigenvalue weighted by Crippen LogP contribution is -1.98. The average Bonchev–Trinajstić information content (AvgIpc) is 3.05. The molecule has 2 N–H and O–H groups in total. The van der Waals surface area contributed by atoms with Crippen LogP contribution in [0.15, 0.2) is 133 Å². The molecule has 0 aliphatic heterocycles. The van der Waals surface area contributed by atoms with E-state index in [9.17, 15) is 0 Å². The molecule has 4 nitrogen and oxygen atoms in total. The summed E-state index contributed by atoms with van der Waals surface area (Å²) in [4.78, 5) is 10.5. The summed E-state index contributed by atoms with van der Waals surface area (Å²) in [5.74, 6) is 0. The van der Waals surface area contributed by atoms with E-state index < -0.39 is 0 Å². The zero-order valence-electron chi connectivity index (χ0n) is 22.6. The van der Waals surface area contributed by atoms with E-state index in [1.165, 1.54) is 0 Å². The summed E-state index contributed by atoms with van der Waals surface area (Å²) in [6, 6.07) is 46.0. The van der Waals surface area contributed by atoms with Crippen LogP contribution >= 0.6 is 0 Å². The van der Waals surface area contributed by atoms with Crippen molar-refractivity contribution in [1.82, 2.24) is 9.97 Å². The van der Waals surface area contributed by atoms with E-state index in [1.54, 1.807) is 0 Å². The first-order valence-electron chi connectivity index (χ1n) is 13.4. The van der Waals surface area contributed by atoms with Gasteiger partial charge in [-0.25, -0.2) is 9.97 Å². The molecule has 0 radical (unpaired) electrons. The van der Waals surface area contributed by atoms with Gasteiger partial charge >= 0.3 is 0 Å². The first-order valence-corrected chi connectivity index (χ1v) is 13.4. The summed E-state index contributed by atoms with van der Waals surface area (Å²) in [7, 11) is 3.87. The van der Waals surface area contributed by atoms with Crippen molar-refractivity contribution in [3.05, 3.63) is 133 Å². The molecule has 0 unspecified atom stereocenters. The summed E-state index contributed by atoms with van der Waals surface area (Å²) in [5.41, 5.74) is 12.1. The van der Waals surface area contributed by atoms with Crippen molar-refractivity contribution >= 4 is 11.4 Å². The first kappa shape index (κ1) is 25.1. The second-order valence-electron chi connectivity index (χ2n) is 9.58. The first-order chi connectivity index (χ1) is 19.7. The van der Waals surface area contributed by atoms with Crippen LogP contribution in [0.5, 0.6) is 0 Å². The summed E-state index contributed by atoms with van der Waals surface area (Å²) in [6.45, 7) is 0. The number of nitrogens with zero attached hydrogens (tertiary/aromatic N) is 2. The molecule has 6 rings (SSSR count). The minimum Gasteiger partial charge on any atom is -0.388 e. The maximum Gasteiger partial charge on any atom is 0.0894 e. The molecule has 0 amide bonds. The molecule has 0 aliphatic carbocycles. The van der Waals surface area contributed by atoms with Gasteiger partial charge in [-0.15, -0.1) is 0 Å². The molecule has 4 heteroatoms. The van der Waals surface area contributed by atoms with Gasteiger partial charge in [0.2, 0.25) is 0 Å². The number of pyridine rings is 2. The Hall–Kier alpha value is -5.22. The quantitative estimate of drug-likeness (QED) is 0.222. The molecular weight excluding hydrogens is 488 g/mol. The fourth-order valence-electron chi connectivity index (χ4n) is 4.99. The molecular formula is C36H30N4. The van der Waals surface area contributed by atoms with Crippen molar-refractivity contribution in [2.24, 2.45) is 0 Å². The van der Waals surface area contributed by atoms with E-state index in [0.717, 1.165) is 67.5 Å². The Kier molecular flexibility index (Phi) is 7.06. The minimum absolute atomic E-state index is 0.829. The van der Waals surface area contributed by atoms with Gasteiger partial charge in [-0.2, -0.15) is 0 Å². The Morgan fingerprint density at radius 2 is 0.800 bits per heavy atom. The highest BCUT2D eigenvalue weighted by Gasteiger charge is 2.16. The zero-order chi connectivity index (χ0) is 27.3. The van der Waals surface area contributed by atoms with Crippen LogP contribution in [0.4, 0.5) is 11.4 Å². The summed E-state index contributed by atoms with van der Waals surface area (Å²) >= 11 is 0. The van der Waals surface area contributed by atoms with Gasteiger partial charge in [0.05, 0.1) is 22.8 Å². The summed E-state index contributed by atoms with van der Waals surface area (Å²) in [6.07, 6.45) is 0. The molecule has 0 saturated heterocycles. The van der Waals surface area contributed by atoms with Crippen molar-refractivity contribution in [2.75, 3.05) is 24.7 Å². The Morgan fingerprint density at radius 3 is 1.20 bits per heavy atom. The fraction of sp³-hybridized carbons (Fsp3) is 0.0556. The zero-order valence-corrected chi connectivity index (χ0v) is 22.6. The predicted molar refractivity (Wildman–Crippen MR) is 168 cm³/mol. The second-order valence-corrected chi connectivity index (χ2v) is 9.58. The van der Waals surface area contributed by atoms with Crippen molar-refractivity contribution < 1.29 is 0 Å². The summed E-state index contributed by atoms with van der Waals surface area (Å²) < 4.78 is 0. The normalized spacial score (nSPS) is 10.8. The van der Waals surface area contributed by atoms with E-state index in [0.29, 0.717) is 0 Å². The highest BCUT2D eigenvalue weighted by Crippen LogP contribution is 2.36. The maximum absolute atomic E-state index is 5.23. The lowest BCUT2D eigenvalue weighted by atomic mass is 9.97. The molecule has 0 fully saturated rings. The van der Waals surface area contributed by atoms with Crippen molar-refractivity contribution in [3.63, 3.8) is 0 Å². The monoisotopic (exact) mass is 518 g/mol. The summed E-state index contributed by atoms with van der Waals surface area (Å²) in [5, 5.41) is 6.51. The van der Waals surface area contributed by atoms with Gasteiger partial charge < -0.3 is 10.6 Å². The second kappa shape index (κ2) is 11.3. The number of hydrogen-bond acceptors (Lipinski definition) is 4. The Labute approximate surface area is 235 Å². The van der Waals surface area contributed by atoms with Crippen molar-refractivity contribution in [2.45, 2.75) is 0 Å². The van der Waals surface area contributed by atoms with Crippen LogP contribution in [0.1, 0.15) is 0 Å². The Balaban J connectivity index is 1.54. The lowest BCUT2D eigenvalue weighted by Gasteiger charge is -2.15. The number of hydrogen-bond donors (Lipinski definition) is 2. The fourth-order valence-corrected chi connectivity index (χ4v) is 4.99. The third-order valence-electron chi connectivity index (χ3n) is 7.07. The van der Waals surface area contributed by atoms with Gasteiger partial charge in [-0.05, 0) is 59.7 Å². The molecule has 0 atom stereocenters. The van der Waals surface area contributed by atoms with Crippen molar-refractivity contribution in [3.8, 4) is 56.2 Å². The lowest BCUT2D eigenvalue weighted by molar-refractivity contribution is 1.25. The van der Waals surface area contributed by atoms with E-state index >= 15 is 0 Å². The van der Waals surface area contributed by atoms with Gasteiger partial charge in [-0.3, -0.25) is 0 Å². The standard InChI is InChI=1S/C36H30N4/c1-37-29-17-9-15-27(23-29)35-31(25-11-5-3-6-12-25)19-21-33(39-35)34-22-20-32(26-13-7-4-8-14-26)36(40-34)28-16-10-18-30(24-28)38-2/h3-24,37-38H,1-2H3. The molecule has 6 aromatic rings. The topological polar surface area (TPSA) is 49.8 Å². The highest BCUT2D eigenvalue weighted by atomic mass is 14.8. The van der Waals surface area contributed by atoms with E-state index in [-0.39, 0.29) is 0 Å². The number of aromatic nitrogens is 2. The third-order valence-corrected chi connectivity index (χ3v) is 7.07. The molecule has 2 aromatic heterocycles. The Bertz CT molecular complexity index is 1630. The van der Waals surface area contributed by atoms with Gasteiger partial charge in [0.25, 0.3) is 0 Å². The number of benzene rings is 4. The number of nitrogens with one attached hydrogen (secondary N) is 2. The van der Waals surface area contributed by atoms with E-state index in [2.05, 4.69) is 132 Å². The van der Waals surface area contributed by atoms with Crippen LogP contribution in [-0.4, -0.2) is 24.1 Å². The van der Waals surface area contributed by atoms with Crippen molar-refractivity contribution in [1.29, 1.82) is 0 Å². The highest BCUT2D eigenvalue weighted by molar-refractivity contribution is 5.86. The van der Waals surface area contributed by atoms with Crippen LogP contribution < -0.4 is 10.6 Å². The molecule has 0 saturated carbocycles. The van der Waals surface area contributed by atoms with Gasteiger partial charge in [0.1, 0.15) is 0 Å². The van der Waals surface area contributed by atoms with Crippen LogP contribution in [0, 0.1) is 0 Å². The number of rotatable bonds is 7. The number of anilines is 2. The molecule has 40 heavy (non-hydrogen) atoms. The minimum atomic E-state index is 0.829. The molecule has 0 spiro atoms. The Morgan fingerprint density at radius 1 is 0.400 bits per heavy atom. The largest absolute Gasteiger partial charge is 0.388 e. The maximum atomic E-state index is 5.23. The molecule has 194 valence electrons. The van der Waals surface area contributed by atoms with Crippen LogP contribution in [-0.2, 0) is 0 Å². The van der Waals surface area contributed by atoms with Gasteiger partial charge in [0.15, 0.2) is 0 Å². The predicted octanol–water partition coefficient (Wildman–Crippen LogP) is 8.90.